The van der Waals surface area contributed by atoms with Crippen molar-refractivity contribution >= 4 is 5.82 Å². The summed E-state index contributed by atoms with van der Waals surface area (Å²) in [6, 6.07) is 10.2. The third-order valence-corrected chi connectivity index (χ3v) is 5.31. The van der Waals surface area contributed by atoms with Crippen LogP contribution in [0, 0.1) is 11.3 Å². The highest BCUT2D eigenvalue weighted by atomic mass is 16.5. The van der Waals surface area contributed by atoms with E-state index in [-0.39, 0.29) is 11.1 Å². The second kappa shape index (κ2) is 10.2. The van der Waals surface area contributed by atoms with Gasteiger partial charge in [-0.3, -0.25) is 9.69 Å². The number of aromatic nitrogens is 2. The van der Waals surface area contributed by atoms with Crippen LogP contribution in [0.1, 0.15) is 41.8 Å². The molecule has 1 N–H and O–H groups in total. The zero-order chi connectivity index (χ0) is 20.6. The molecule has 2 aromatic rings. The average Bonchev–Trinajstić information content (AvgIpc) is 2.74. The fourth-order valence-electron chi connectivity index (χ4n) is 3.71. The van der Waals surface area contributed by atoms with Crippen molar-refractivity contribution in [2.45, 2.75) is 32.2 Å². The third-order valence-electron chi connectivity index (χ3n) is 5.31. The van der Waals surface area contributed by atoms with Gasteiger partial charge in [-0.05, 0) is 37.4 Å². The lowest BCUT2D eigenvalue weighted by molar-refractivity contribution is 0.158. The fraction of sp³-hybridized carbons (Fsp3) is 0.500. The first-order chi connectivity index (χ1) is 14.1. The van der Waals surface area contributed by atoms with E-state index in [9.17, 15) is 10.1 Å². The Bertz CT molecular complexity index is 912. The van der Waals surface area contributed by atoms with Crippen molar-refractivity contribution in [3.8, 4) is 6.07 Å². The standard InChI is InChI=1S/C22H29N5O2/c1-26(12-13-29-2)16-18-9-5-4-8-17(18)14-20-24-21(19(15-23)22(28)25-20)27-10-6-3-7-11-27/h4-5,8-9H,3,6-7,10-14,16H2,1-2H3,(H,24,25,28). The van der Waals surface area contributed by atoms with Gasteiger partial charge in [0, 0.05) is 39.7 Å². The molecule has 1 aromatic heterocycles. The number of hydrogen-bond donors (Lipinski definition) is 1. The Hall–Kier alpha value is -2.69. The van der Waals surface area contributed by atoms with Gasteiger partial charge in [0.2, 0.25) is 0 Å². The summed E-state index contributed by atoms with van der Waals surface area (Å²) < 4.78 is 5.16. The van der Waals surface area contributed by atoms with Crippen molar-refractivity contribution in [3.63, 3.8) is 0 Å². The van der Waals surface area contributed by atoms with Crippen LogP contribution in [0.25, 0.3) is 0 Å². The van der Waals surface area contributed by atoms with Gasteiger partial charge in [0.25, 0.3) is 5.56 Å². The maximum Gasteiger partial charge on any atom is 0.271 e. The van der Waals surface area contributed by atoms with Crippen LogP contribution in [-0.2, 0) is 17.7 Å². The van der Waals surface area contributed by atoms with Crippen LogP contribution in [0.4, 0.5) is 5.82 Å². The fourth-order valence-corrected chi connectivity index (χ4v) is 3.71. The van der Waals surface area contributed by atoms with Crippen molar-refractivity contribution in [1.82, 2.24) is 14.9 Å². The molecule has 1 fully saturated rings. The number of H-pyrrole nitrogens is 1. The predicted molar refractivity (Wildman–Crippen MR) is 113 cm³/mol. The number of benzene rings is 1. The van der Waals surface area contributed by atoms with Gasteiger partial charge in [0.1, 0.15) is 11.9 Å². The SMILES string of the molecule is COCCN(C)Cc1ccccc1Cc1nc(N2CCCCC2)c(C#N)c(=O)[nH]1. The van der Waals surface area contributed by atoms with E-state index in [1.165, 1.54) is 12.0 Å². The van der Waals surface area contributed by atoms with Crippen LogP contribution in [-0.4, -0.2) is 55.3 Å². The number of anilines is 1. The number of ether oxygens (including phenoxy) is 1. The number of rotatable bonds is 8. The number of hydrogen-bond acceptors (Lipinski definition) is 6. The van der Waals surface area contributed by atoms with Crippen molar-refractivity contribution in [1.29, 1.82) is 5.26 Å². The van der Waals surface area contributed by atoms with E-state index in [1.807, 2.05) is 18.2 Å². The van der Waals surface area contributed by atoms with E-state index in [2.05, 4.69) is 34.0 Å². The summed E-state index contributed by atoms with van der Waals surface area (Å²) in [6.07, 6.45) is 3.82. The molecular formula is C22H29N5O2. The summed E-state index contributed by atoms with van der Waals surface area (Å²) in [5.74, 6) is 1.13. The zero-order valence-corrected chi connectivity index (χ0v) is 17.3. The third kappa shape index (κ3) is 5.43. The van der Waals surface area contributed by atoms with Crippen LogP contribution in [0.15, 0.2) is 29.1 Å². The van der Waals surface area contributed by atoms with Gasteiger partial charge in [0.05, 0.1) is 6.61 Å². The Morgan fingerprint density at radius 1 is 1.24 bits per heavy atom. The first-order valence-electron chi connectivity index (χ1n) is 10.1. The molecule has 0 unspecified atom stereocenters. The molecule has 2 heterocycles. The number of aromatic amines is 1. The molecule has 0 atom stereocenters. The van der Waals surface area contributed by atoms with Crippen LogP contribution >= 0.6 is 0 Å². The summed E-state index contributed by atoms with van der Waals surface area (Å²) in [4.78, 5) is 24.3. The molecule has 1 aromatic carbocycles. The molecule has 0 aliphatic carbocycles. The monoisotopic (exact) mass is 395 g/mol. The number of nitrogens with one attached hydrogen (secondary N) is 1. The summed E-state index contributed by atoms with van der Waals surface area (Å²) in [5.41, 5.74) is 2.07. The van der Waals surface area contributed by atoms with Crippen LogP contribution < -0.4 is 10.5 Å². The second-order valence-corrected chi connectivity index (χ2v) is 7.55. The molecule has 29 heavy (non-hydrogen) atoms. The Morgan fingerprint density at radius 2 is 1.97 bits per heavy atom. The maximum absolute atomic E-state index is 12.5. The van der Waals surface area contributed by atoms with E-state index in [1.54, 1.807) is 7.11 Å². The quantitative estimate of drug-likeness (QED) is 0.738. The van der Waals surface area contributed by atoms with Crippen LogP contribution in [0.5, 0.6) is 0 Å². The minimum absolute atomic E-state index is 0.114. The Balaban J connectivity index is 1.86. The van der Waals surface area contributed by atoms with Gasteiger partial charge in [-0.15, -0.1) is 0 Å². The Kier molecular flexibility index (Phi) is 7.39. The van der Waals surface area contributed by atoms with Gasteiger partial charge < -0.3 is 14.6 Å². The van der Waals surface area contributed by atoms with E-state index >= 15 is 0 Å². The van der Waals surface area contributed by atoms with Gasteiger partial charge >= 0.3 is 0 Å². The molecule has 154 valence electrons. The van der Waals surface area contributed by atoms with Gasteiger partial charge in [-0.2, -0.15) is 5.26 Å². The molecule has 7 heteroatoms. The predicted octanol–water partition coefficient (Wildman–Crippen LogP) is 2.30. The van der Waals surface area contributed by atoms with Crippen molar-refractivity contribution in [2.24, 2.45) is 0 Å². The highest BCUT2D eigenvalue weighted by molar-refractivity contribution is 5.53. The largest absolute Gasteiger partial charge is 0.383 e. The number of nitriles is 1. The summed E-state index contributed by atoms with van der Waals surface area (Å²) in [6.45, 7) is 3.99. The minimum Gasteiger partial charge on any atom is -0.383 e. The molecule has 1 saturated heterocycles. The first-order valence-corrected chi connectivity index (χ1v) is 10.1. The van der Waals surface area contributed by atoms with Crippen LogP contribution in [0.2, 0.25) is 0 Å². The van der Waals surface area contributed by atoms with E-state index in [0.717, 1.165) is 44.6 Å². The number of likely N-dealkylation sites (N-methyl/N-ethyl adjacent to an activating group) is 1. The lowest BCUT2D eigenvalue weighted by Crippen LogP contribution is -2.33. The normalized spacial score (nSPS) is 14.2. The summed E-state index contributed by atoms with van der Waals surface area (Å²) in [5, 5.41) is 9.47. The maximum atomic E-state index is 12.5. The zero-order valence-electron chi connectivity index (χ0n) is 17.3. The molecule has 0 amide bonds. The van der Waals surface area contributed by atoms with Crippen molar-refractivity contribution in [2.75, 3.05) is 45.3 Å². The van der Waals surface area contributed by atoms with E-state index < -0.39 is 0 Å². The second-order valence-electron chi connectivity index (χ2n) is 7.55. The summed E-state index contributed by atoms with van der Waals surface area (Å²) in [7, 11) is 3.76. The minimum atomic E-state index is -0.354. The average molecular weight is 396 g/mol. The highest BCUT2D eigenvalue weighted by Gasteiger charge is 2.20. The molecule has 0 bridgehead atoms. The van der Waals surface area contributed by atoms with Crippen molar-refractivity contribution in [3.05, 3.63) is 57.1 Å². The first kappa shape index (κ1) is 21.0. The van der Waals surface area contributed by atoms with Crippen molar-refractivity contribution < 1.29 is 4.74 Å². The van der Waals surface area contributed by atoms with Gasteiger partial charge in [-0.25, -0.2) is 4.98 Å². The van der Waals surface area contributed by atoms with E-state index in [4.69, 9.17) is 9.72 Å². The van der Waals surface area contributed by atoms with Crippen LogP contribution in [0.3, 0.4) is 0 Å². The smallest absolute Gasteiger partial charge is 0.271 e. The lowest BCUT2D eigenvalue weighted by Gasteiger charge is -2.28. The Labute approximate surface area is 171 Å². The summed E-state index contributed by atoms with van der Waals surface area (Å²) >= 11 is 0. The number of piperidine rings is 1. The highest BCUT2D eigenvalue weighted by Crippen LogP contribution is 2.21. The molecular weight excluding hydrogens is 366 g/mol. The topological polar surface area (TPSA) is 85.2 Å². The molecule has 7 nitrogen and oxygen atoms in total. The Morgan fingerprint density at radius 3 is 2.66 bits per heavy atom. The molecule has 0 radical (unpaired) electrons. The molecule has 3 rings (SSSR count). The molecule has 0 saturated carbocycles. The lowest BCUT2D eigenvalue weighted by atomic mass is 10.0. The molecule has 0 spiro atoms. The molecule has 1 aliphatic rings. The van der Waals surface area contributed by atoms with E-state index in [0.29, 0.717) is 24.7 Å². The molecule has 1 aliphatic heterocycles. The van der Waals surface area contributed by atoms with Gasteiger partial charge in [-0.1, -0.05) is 24.3 Å². The number of nitrogens with zero attached hydrogens (tertiary/aromatic N) is 4. The number of methoxy groups -OCH3 is 1. The van der Waals surface area contributed by atoms with Gasteiger partial charge in [0.15, 0.2) is 11.4 Å².